The molecule has 2 saturated heterocycles. The lowest BCUT2D eigenvalue weighted by Gasteiger charge is -2.29. The normalized spacial score (nSPS) is 22.7. The molecule has 29 heavy (non-hydrogen) atoms. The number of aromatic nitrogens is 3. The smallest absolute Gasteiger partial charge is 0.255 e. The summed E-state index contributed by atoms with van der Waals surface area (Å²) in [5, 5.41) is 14.4. The number of carbonyl (C=O) groups is 3. The van der Waals surface area contributed by atoms with E-state index in [9.17, 15) is 14.4 Å². The molecule has 3 aliphatic heterocycles. The Bertz CT molecular complexity index is 994. The van der Waals surface area contributed by atoms with Gasteiger partial charge in [0.25, 0.3) is 5.91 Å². The highest BCUT2D eigenvalue weighted by Crippen LogP contribution is 2.32. The average molecular weight is 394 g/mol. The zero-order valence-electron chi connectivity index (χ0n) is 15.9. The van der Waals surface area contributed by atoms with Crippen LogP contribution in [-0.4, -0.2) is 56.7 Å². The van der Waals surface area contributed by atoms with Gasteiger partial charge in [0.15, 0.2) is 0 Å². The van der Waals surface area contributed by atoms with Crippen LogP contribution in [0.25, 0.3) is 5.69 Å². The molecule has 2 aromatic rings. The Labute approximate surface area is 167 Å². The molecule has 0 saturated carbocycles. The molecule has 3 aliphatic rings. The van der Waals surface area contributed by atoms with Crippen LogP contribution < -0.4 is 10.6 Å². The standard InChI is InChI=1S/C20H22N6O3/c27-18-5-4-17(19(28)22-18)25-10-14-13(20(25)29)2-1-3-16(14)26-11-15(23-24-26)12-6-8-21-9-7-12/h1-3,11-12,17,21H,4-10H2,(H,22,27,28). The molecule has 1 aromatic carbocycles. The third kappa shape index (κ3) is 3.11. The van der Waals surface area contributed by atoms with Gasteiger partial charge in [-0.3, -0.25) is 19.7 Å². The topological polar surface area (TPSA) is 109 Å². The van der Waals surface area contributed by atoms with Crippen LogP contribution in [0.3, 0.4) is 0 Å². The van der Waals surface area contributed by atoms with Crippen molar-refractivity contribution in [3.63, 3.8) is 0 Å². The third-order valence-electron chi connectivity index (χ3n) is 6.07. The van der Waals surface area contributed by atoms with Crippen LogP contribution in [0.5, 0.6) is 0 Å². The average Bonchev–Trinajstić information content (AvgIpc) is 3.34. The fourth-order valence-electron chi connectivity index (χ4n) is 4.48. The summed E-state index contributed by atoms with van der Waals surface area (Å²) in [5.41, 5.74) is 3.18. The van der Waals surface area contributed by atoms with Gasteiger partial charge in [-0.2, -0.15) is 0 Å². The van der Waals surface area contributed by atoms with Gasteiger partial charge in [0.1, 0.15) is 6.04 Å². The number of hydrogen-bond donors (Lipinski definition) is 2. The van der Waals surface area contributed by atoms with Crippen LogP contribution in [0.2, 0.25) is 0 Å². The number of carbonyl (C=O) groups excluding carboxylic acids is 3. The first-order valence-electron chi connectivity index (χ1n) is 10.0. The van der Waals surface area contributed by atoms with Crippen molar-refractivity contribution in [1.29, 1.82) is 0 Å². The molecule has 4 heterocycles. The van der Waals surface area contributed by atoms with E-state index in [1.807, 2.05) is 18.3 Å². The van der Waals surface area contributed by atoms with Crippen molar-refractivity contribution in [3.8, 4) is 5.69 Å². The summed E-state index contributed by atoms with van der Waals surface area (Å²) in [5.74, 6) is -0.486. The lowest BCUT2D eigenvalue weighted by Crippen LogP contribution is -2.52. The predicted octanol–water partition coefficient (Wildman–Crippen LogP) is 0.495. The number of piperidine rings is 2. The highest BCUT2D eigenvalue weighted by atomic mass is 16.2. The zero-order chi connectivity index (χ0) is 20.0. The molecule has 0 bridgehead atoms. The third-order valence-corrected chi connectivity index (χ3v) is 6.07. The number of hydrogen-bond acceptors (Lipinski definition) is 6. The quantitative estimate of drug-likeness (QED) is 0.734. The molecule has 2 N–H and O–H groups in total. The van der Waals surface area contributed by atoms with Crippen LogP contribution in [0.4, 0.5) is 0 Å². The molecule has 9 heteroatoms. The van der Waals surface area contributed by atoms with Gasteiger partial charge >= 0.3 is 0 Å². The summed E-state index contributed by atoms with van der Waals surface area (Å²) in [6.07, 6.45) is 4.61. The molecule has 150 valence electrons. The summed E-state index contributed by atoms with van der Waals surface area (Å²) in [6.45, 7) is 2.28. The Morgan fingerprint density at radius 1 is 1.07 bits per heavy atom. The van der Waals surface area contributed by atoms with Gasteiger partial charge in [0.2, 0.25) is 11.8 Å². The zero-order valence-corrected chi connectivity index (χ0v) is 15.9. The van der Waals surface area contributed by atoms with Crippen molar-refractivity contribution < 1.29 is 14.4 Å². The summed E-state index contributed by atoms with van der Waals surface area (Å²) in [7, 11) is 0. The maximum absolute atomic E-state index is 13.0. The van der Waals surface area contributed by atoms with E-state index in [2.05, 4.69) is 20.9 Å². The lowest BCUT2D eigenvalue weighted by molar-refractivity contribution is -0.136. The molecule has 0 radical (unpaired) electrons. The molecule has 0 spiro atoms. The van der Waals surface area contributed by atoms with Gasteiger partial charge in [-0.1, -0.05) is 11.3 Å². The molecule has 1 aromatic heterocycles. The molecule has 9 nitrogen and oxygen atoms in total. The fraction of sp³-hybridized carbons (Fsp3) is 0.450. The Morgan fingerprint density at radius 2 is 1.90 bits per heavy atom. The van der Waals surface area contributed by atoms with Crippen LogP contribution >= 0.6 is 0 Å². The van der Waals surface area contributed by atoms with E-state index in [0.29, 0.717) is 24.4 Å². The first-order valence-corrected chi connectivity index (χ1v) is 10.0. The number of amides is 3. The highest BCUT2D eigenvalue weighted by Gasteiger charge is 2.40. The second kappa shape index (κ2) is 7.07. The van der Waals surface area contributed by atoms with Crippen molar-refractivity contribution in [3.05, 3.63) is 41.2 Å². The van der Waals surface area contributed by atoms with E-state index < -0.39 is 11.9 Å². The minimum atomic E-state index is -0.624. The SMILES string of the molecule is O=C1CCC(N2Cc3c(cccc3-n3cc(C4CCNCC4)nn3)C2=O)C(=O)N1. The maximum atomic E-state index is 13.0. The van der Waals surface area contributed by atoms with Crippen LogP contribution in [0, 0.1) is 0 Å². The van der Waals surface area contributed by atoms with Crippen molar-refractivity contribution >= 4 is 17.7 Å². The minimum Gasteiger partial charge on any atom is -0.322 e. The van der Waals surface area contributed by atoms with Crippen molar-refractivity contribution in [2.45, 2.75) is 44.2 Å². The van der Waals surface area contributed by atoms with E-state index >= 15 is 0 Å². The van der Waals surface area contributed by atoms with Gasteiger partial charge in [-0.25, -0.2) is 4.68 Å². The fourth-order valence-corrected chi connectivity index (χ4v) is 4.48. The van der Waals surface area contributed by atoms with E-state index in [4.69, 9.17) is 0 Å². The molecule has 0 aliphatic carbocycles. The number of fused-ring (bicyclic) bond motifs is 1. The van der Waals surface area contributed by atoms with Gasteiger partial charge < -0.3 is 10.2 Å². The summed E-state index contributed by atoms with van der Waals surface area (Å²) in [6, 6.07) is 4.89. The summed E-state index contributed by atoms with van der Waals surface area (Å²) >= 11 is 0. The molecule has 5 rings (SSSR count). The first kappa shape index (κ1) is 18.0. The van der Waals surface area contributed by atoms with Crippen LogP contribution in [0.1, 0.15) is 53.2 Å². The minimum absolute atomic E-state index is 0.185. The van der Waals surface area contributed by atoms with E-state index in [-0.39, 0.29) is 18.2 Å². The van der Waals surface area contributed by atoms with Gasteiger partial charge in [0.05, 0.1) is 17.6 Å². The maximum Gasteiger partial charge on any atom is 0.255 e. The second-order valence-electron chi connectivity index (χ2n) is 7.82. The molecule has 3 amide bonds. The predicted molar refractivity (Wildman–Crippen MR) is 102 cm³/mol. The van der Waals surface area contributed by atoms with E-state index in [0.717, 1.165) is 42.9 Å². The van der Waals surface area contributed by atoms with Crippen LogP contribution in [-0.2, 0) is 16.1 Å². The second-order valence-corrected chi connectivity index (χ2v) is 7.82. The van der Waals surface area contributed by atoms with E-state index in [1.54, 1.807) is 15.6 Å². The van der Waals surface area contributed by atoms with Gasteiger partial charge in [0, 0.05) is 30.0 Å². The number of nitrogens with one attached hydrogen (secondary N) is 2. The molecular formula is C20H22N6O3. The monoisotopic (exact) mass is 394 g/mol. The summed E-state index contributed by atoms with van der Waals surface area (Å²) in [4.78, 5) is 38.2. The van der Waals surface area contributed by atoms with Crippen LogP contribution in [0.15, 0.2) is 24.4 Å². The van der Waals surface area contributed by atoms with E-state index in [1.165, 1.54) is 0 Å². The first-order chi connectivity index (χ1) is 14.1. The number of nitrogens with zero attached hydrogens (tertiary/aromatic N) is 4. The Hall–Kier alpha value is -3.07. The number of rotatable bonds is 3. The lowest BCUT2D eigenvalue weighted by atomic mass is 9.95. The van der Waals surface area contributed by atoms with Crippen molar-refractivity contribution in [2.24, 2.45) is 0 Å². The summed E-state index contributed by atoms with van der Waals surface area (Å²) < 4.78 is 1.73. The van der Waals surface area contributed by atoms with Crippen molar-refractivity contribution in [1.82, 2.24) is 30.5 Å². The van der Waals surface area contributed by atoms with Gasteiger partial charge in [-0.05, 0) is 44.5 Å². The number of benzene rings is 1. The largest absolute Gasteiger partial charge is 0.322 e. The Balaban J connectivity index is 1.43. The molecule has 1 unspecified atom stereocenters. The number of imide groups is 1. The molecule has 1 atom stereocenters. The Morgan fingerprint density at radius 3 is 2.69 bits per heavy atom. The Kier molecular flexibility index (Phi) is 4.39. The highest BCUT2D eigenvalue weighted by molar-refractivity contribution is 6.05. The van der Waals surface area contributed by atoms with Gasteiger partial charge in [-0.15, -0.1) is 5.10 Å². The molecular weight excluding hydrogens is 372 g/mol. The van der Waals surface area contributed by atoms with Crippen molar-refractivity contribution in [2.75, 3.05) is 13.1 Å². The molecule has 2 fully saturated rings.